The first-order valence-corrected chi connectivity index (χ1v) is 5.56. The number of amides is 3. The second-order valence-corrected chi connectivity index (χ2v) is 4.29. The number of imide groups is 1. The monoisotopic (exact) mass is 228 g/mol. The number of nitrogens with one attached hydrogen (secondary N) is 2. The number of primary amides is 1. The van der Waals surface area contributed by atoms with Gasteiger partial charge in [0.05, 0.1) is 6.54 Å². The van der Waals surface area contributed by atoms with Gasteiger partial charge in [-0.3, -0.25) is 10.1 Å². The Hall–Kier alpha value is -1.14. The molecule has 0 spiro atoms. The lowest BCUT2D eigenvalue weighted by atomic mass is 9.97. The summed E-state index contributed by atoms with van der Waals surface area (Å²) < 4.78 is 0. The number of hydrogen-bond donors (Lipinski definition) is 3. The summed E-state index contributed by atoms with van der Waals surface area (Å²) in [7, 11) is 2.12. The number of likely N-dealkylation sites (tertiary alicyclic amines) is 1. The van der Waals surface area contributed by atoms with Crippen molar-refractivity contribution in [3.63, 3.8) is 0 Å². The molecule has 0 atom stereocenters. The maximum absolute atomic E-state index is 11.1. The molecule has 1 aliphatic rings. The molecule has 6 nitrogen and oxygen atoms in total. The topological polar surface area (TPSA) is 87.5 Å². The van der Waals surface area contributed by atoms with Crippen LogP contribution >= 0.6 is 0 Å². The van der Waals surface area contributed by atoms with Crippen molar-refractivity contribution in [1.29, 1.82) is 0 Å². The molecule has 1 rings (SSSR count). The molecule has 0 aliphatic carbocycles. The van der Waals surface area contributed by atoms with Crippen molar-refractivity contribution in [1.82, 2.24) is 15.5 Å². The average molecular weight is 228 g/mol. The first kappa shape index (κ1) is 12.9. The van der Waals surface area contributed by atoms with Crippen molar-refractivity contribution in [3.8, 4) is 0 Å². The third kappa shape index (κ3) is 5.09. The van der Waals surface area contributed by atoms with Crippen LogP contribution in [-0.4, -0.2) is 50.1 Å². The molecule has 1 aliphatic heterocycles. The molecule has 1 saturated heterocycles. The van der Waals surface area contributed by atoms with Gasteiger partial charge in [0.15, 0.2) is 0 Å². The van der Waals surface area contributed by atoms with Crippen LogP contribution in [0.1, 0.15) is 12.8 Å². The second-order valence-electron chi connectivity index (χ2n) is 4.29. The van der Waals surface area contributed by atoms with Crippen LogP contribution in [-0.2, 0) is 4.79 Å². The van der Waals surface area contributed by atoms with Gasteiger partial charge in [-0.25, -0.2) is 4.79 Å². The van der Waals surface area contributed by atoms with Gasteiger partial charge in [-0.15, -0.1) is 0 Å². The molecular formula is C10H20N4O2. The van der Waals surface area contributed by atoms with Crippen LogP contribution in [0.25, 0.3) is 0 Å². The lowest BCUT2D eigenvalue weighted by Gasteiger charge is -2.28. The van der Waals surface area contributed by atoms with Crippen molar-refractivity contribution < 1.29 is 9.59 Å². The van der Waals surface area contributed by atoms with E-state index in [9.17, 15) is 9.59 Å². The van der Waals surface area contributed by atoms with E-state index in [-0.39, 0.29) is 12.5 Å². The minimum absolute atomic E-state index is 0.148. The van der Waals surface area contributed by atoms with Crippen LogP contribution in [0, 0.1) is 5.92 Å². The lowest BCUT2D eigenvalue weighted by molar-refractivity contribution is -0.119. The van der Waals surface area contributed by atoms with E-state index < -0.39 is 6.03 Å². The standard InChI is InChI=1S/C10H20N4O2/c1-14-4-2-8(3-5-14)6-12-7-9(15)13-10(11)16/h8,12H,2-7H2,1H3,(H3,11,13,15,16). The smallest absolute Gasteiger partial charge is 0.318 e. The highest BCUT2D eigenvalue weighted by Gasteiger charge is 2.16. The molecule has 0 bridgehead atoms. The largest absolute Gasteiger partial charge is 0.351 e. The van der Waals surface area contributed by atoms with Gasteiger partial charge in [-0.05, 0) is 45.4 Å². The maximum atomic E-state index is 11.1. The first-order chi connectivity index (χ1) is 7.58. The number of nitrogens with zero attached hydrogens (tertiary/aromatic N) is 1. The number of piperidine rings is 1. The van der Waals surface area contributed by atoms with Crippen molar-refractivity contribution in [2.75, 3.05) is 33.2 Å². The van der Waals surface area contributed by atoms with Crippen LogP contribution in [0.3, 0.4) is 0 Å². The van der Waals surface area contributed by atoms with E-state index in [4.69, 9.17) is 5.73 Å². The van der Waals surface area contributed by atoms with E-state index >= 15 is 0 Å². The van der Waals surface area contributed by atoms with Gasteiger partial charge in [0.2, 0.25) is 5.91 Å². The number of carbonyl (C=O) groups is 2. The second kappa shape index (κ2) is 6.44. The molecule has 0 radical (unpaired) electrons. The van der Waals surface area contributed by atoms with Gasteiger partial charge < -0.3 is 16.0 Å². The van der Waals surface area contributed by atoms with E-state index in [2.05, 4.69) is 17.3 Å². The first-order valence-electron chi connectivity index (χ1n) is 5.56. The third-order valence-corrected chi connectivity index (χ3v) is 2.82. The zero-order chi connectivity index (χ0) is 12.0. The van der Waals surface area contributed by atoms with E-state index in [0.717, 1.165) is 32.5 Å². The molecule has 16 heavy (non-hydrogen) atoms. The van der Waals surface area contributed by atoms with Crippen molar-refractivity contribution >= 4 is 11.9 Å². The number of nitrogens with two attached hydrogens (primary N) is 1. The summed E-state index contributed by atoms with van der Waals surface area (Å²) in [5.74, 6) is 0.248. The zero-order valence-corrected chi connectivity index (χ0v) is 9.66. The van der Waals surface area contributed by atoms with Crippen molar-refractivity contribution in [3.05, 3.63) is 0 Å². The third-order valence-electron chi connectivity index (χ3n) is 2.82. The van der Waals surface area contributed by atoms with Gasteiger partial charge in [-0.1, -0.05) is 0 Å². The fourth-order valence-electron chi connectivity index (χ4n) is 1.84. The van der Waals surface area contributed by atoms with E-state index in [1.807, 2.05) is 5.32 Å². The zero-order valence-electron chi connectivity index (χ0n) is 9.66. The van der Waals surface area contributed by atoms with Crippen molar-refractivity contribution in [2.45, 2.75) is 12.8 Å². The average Bonchev–Trinajstić information content (AvgIpc) is 2.20. The summed E-state index contributed by atoms with van der Waals surface area (Å²) in [5, 5.41) is 5.05. The molecule has 4 N–H and O–H groups in total. The fraction of sp³-hybridized carbons (Fsp3) is 0.800. The molecule has 1 fully saturated rings. The predicted octanol–water partition coefficient (Wildman–Crippen LogP) is -0.887. The summed E-state index contributed by atoms with van der Waals surface area (Å²) in [5.41, 5.74) is 4.82. The summed E-state index contributed by atoms with van der Waals surface area (Å²) >= 11 is 0. The summed E-state index contributed by atoms with van der Waals surface area (Å²) in [6.45, 7) is 3.19. The van der Waals surface area contributed by atoms with Crippen LogP contribution in [0.4, 0.5) is 4.79 Å². The SMILES string of the molecule is CN1CCC(CNCC(=O)NC(N)=O)CC1. The Balaban J connectivity index is 2.07. The van der Waals surface area contributed by atoms with Crippen molar-refractivity contribution in [2.24, 2.45) is 11.7 Å². The van der Waals surface area contributed by atoms with Crippen LogP contribution in [0.2, 0.25) is 0 Å². The molecule has 92 valence electrons. The van der Waals surface area contributed by atoms with Gasteiger partial charge in [0, 0.05) is 0 Å². The summed E-state index contributed by atoms with van der Waals surface area (Å²) in [4.78, 5) is 23.7. The Morgan fingerprint density at radius 3 is 2.56 bits per heavy atom. The Labute approximate surface area is 95.5 Å². The van der Waals surface area contributed by atoms with Crippen LogP contribution in [0.5, 0.6) is 0 Å². The quantitative estimate of drug-likeness (QED) is 0.582. The molecule has 3 amide bonds. The molecule has 0 aromatic heterocycles. The van der Waals surface area contributed by atoms with Gasteiger partial charge in [-0.2, -0.15) is 0 Å². The number of carbonyl (C=O) groups excluding carboxylic acids is 2. The van der Waals surface area contributed by atoms with Gasteiger partial charge in [0.25, 0.3) is 0 Å². The highest BCUT2D eigenvalue weighted by molar-refractivity contribution is 5.94. The molecule has 0 unspecified atom stereocenters. The minimum atomic E-state index is -0.800. The molecule has 0 aromatic rings. The number of hydrogen-bond acceptors (Lipinski definition) is 4. The number of urea groups is 1. The van der Waals surface area contributed by atoms with E-state index in [0.29, 0.717) is 5.92 Å². The Morgan fingerprint density at radius 1 is 1.38 bits per heavy atom. The molecule has 0 saturated carbocycles. The Bertz CT molecular complexity index is 249. The predicted molar refractivity (Wildman–Crippen MR) is 60.8 cm³/mol. The maximum Gasteiger partial charge on any atom is 0.318 e. The van der Waals surface area contributed by atoms with Crippen LogP contribution < -0.4 is 16.4 Å². The van der Waals surface area contributed by atoms with Gasteiger partial charge >= 0.3 is 6.03 Å². The highest BCUT2D eigenvalue weighted by Crippen LogP contribution is 2.14. The summed E-state index contributed by atoms with van der Waals surface area (Å²) in [6.07, 6.45) is 2.31. The molecular weight excluding hydrogens is 208 g/mol. The molecule has 6 heteroatoms. The highest BCUT2D eigenvalue weighted by atomic mass is 16.2. The van der Waals surface area contributed by atoms with Crippen LogP contribution in [0.15, 0.2) is 0 Å². The fourth-order valence-corrected chi connectivity index (χ4v) is 1.84. The minimum Gasteiger partial charge on any atom is -0.351 e. The Morgan fingerprint density at radius 2 is 2.00 bits per heavy atom. The van der Waals surface area contributed by atoms with E-state index in [1.54, 1.807) is 0 Å². The molecule has 1 heterocycles. The number of rotatable bonds is 4. The normalized spacial score (nSPS) is 18.3. The lowest BCUT2D eigenvalue weighted by Crippen LogP contribution is -2.42. The van der Waals surface area contributed by atoms with Gasteiger partial charge in [0.1, 0.15) is 0 Å². The van der Waals surface area contributed by atoms with E-state index in [1.165, 1.54) is 0 Å². The summed E-state index contributed by atoms with van der Waals surface area (Å²) in [6, 6.07) is -0.800. The Kier molecular flexibility index (Phi) is 5.21. The molecule has 0 aromatic carbocycles.